The van der Waals surface area contributed by atoms with Gasteiger partial charge in [0.25, 0.3) is 0 Å². The highest BCUT2D eigenvalue weighted by atomic mass is 14.8. The monoisotopic (exact) mass is 113 g/mol. The molecule has 8 heavy (non-hydrogen) atoms. The number of nitrogens with one attached hydrogen (secondary N) is 2. The van der Waals surface area contributed by atoms with Gasteiger partial charge in [0.2, 0.25) is 0 Å². The van der Waals surface area contributed by atoms with Crippen molar-refractivity contribution in [3.63, 3.8) is 0 Å². The van der Waals surface area contributed by atoms with Crippen molar-refractivity contribution in [3.05, 3.63) is 11.9 Å². The molecule has 0 rings (SSSR count). The zero-order chi connectivity index (χ0) is 6.57. The topological polar surface area (TPSA) is 61.9 Å². The Morgan fingerprint density at radius 2 is 2.25 bits per heavy atom. The van der Waals surface area contributed by atoms with Crippen molar-refractivity contribution in [2.75, 3.05) is 7.05 Å². The van der Waals surface area contributed by atoms with Gasteiger partial charge in [0.15, 0.2) is 0 Å². The van der Waals surface area contributed by atoms with Gasteiger partial charge in [0.1, 0.15) is 0 Å². The van der Waals surface area contributed by atoms with Crippen LogP contribution in [0.5, 0.6) is 0 Å². The summed E-state index contributed by atoms with van der Waals surface area (Å²) in [6, 6.07) is 0. The molecule has 0 fully saturated rings. The minimum atomic E-state index is 0.388. The van der Waals surface area contributed by atoms with Crippen LogP contribution in [0.3, 0.4) is 0 Å². The molecule has 0 bridgehead atoms. The number of nitrogens with two attached hydrogens (primary N) is 1. The molecule has 0 heterocycles. The third-order valence-corrected chi connectivity index (χ3v) is 0.733. The second-order valence-electron chi connectivity index (χ2n) is 1.51. The molecule has 3 heteroatoms. The normalized spacial score (nSPS) is 11.0. The SMILES string of the molecule is CN/C=C(/N)C(C)=N. The standard InChI is InChI=1S/C5H11N3/c1-4(6)5(7)3-8-2/h3,6,8H,7H2,1-2H3/b5-3+,6-4?. The molecule has 0 aromatic rings. The fraction of sp³-hybridized carbons (Fsp3) is 0.400. The zero-order valence-corrected chi connectivity index (χ0v) is 5.15. The van der Waals surface area contributed by atoms with E-state index < -0.39 is 0 Å². The fourth-order valence-corrected chi connectivity index (χ4v) is 0.264. The summed E-state index contributed by atoms with van der Waals surface area (Å²) < 4.78 is 0. The number of rotatable bonds is 2. The first-order chi connectivity index (χ1) is 3.68. The second kappa shape index (κ2) is 3.07. The van der Waals surface area contributed by atoms with E-state index in [9.17, 15) is 0 Å². The van der Waals surface area contributed by atoms with E-state index in [0.717, 1.165) is 0 Å². The molecule has 0 spiro atoms. The Morgan fingerprint density at radius 1 is 1.75 bits per heavy atom. The van der Waals surface area contributed by atoms with Crippen LogP contribution in [0.1, 0.15) is 6.92 Å². The van der Waals surface area contributed by atoms with E-state index in [1.54, 1.807) is 20.2 Å². The number of allylic oxidation sites excluding steroid dienone is 1. The first kappa shape index (κ1) is 7.01. The summed E-state index contributed by atoms with van der Waals surface area (Å²) in [4.78, 5) is 0. The van der Waals surface area contributed by atoms with Crippen molar-refractivity contribution in [1.82, 2.24) is 5.32 Å². The smallest absolute Gasteiger partial charge is 0.0682 e. The third kappa shape index (κ3) is 2.23. The maximum Gasteiger partial charge on any atom is 0.0682 e. The molecule has 0 aliphatic heterocycles. The van der Waals surface area contributed by atoms with Crippen LogP contribution >= 0.6 is 0 Å². The van der Waals surface area contributed by atoms with E-state index in [-0.39, 0.29) is 0 Å². The second-order valence-corrected chi connectivity index (χ2v) is 1.51. The van der Waals surface area contributed by atoms with Gasteiger partial charge in [0.05, 0.1) is 11.4 Å². The molecule has 0 atom stereocenters. The molecule has 0 amide bonds. The lowest BCUT2D eigenvalue weighted by Crippen LogP contribution is -2.10. The van der Waals surface area contributed by atoms with Gasteiger partial charge >= 0.3 is 0 Å². The van der Waals surface area contributed by atoms with Crippen LogP contribution in [0, 0.1) is 5.41 Å². The Hall–Kier alpha value is -0.990. The lowest BCUT2D eigenvalue weighted by Gasteiger charge is -1.94. The minimum Gasteiger partial charge on any atom is -0.396 e. The summed E-state index contributed by atoms with van der Waals surface area (Å²) in [5, 5.41) is 9.69. The lowest BCUT2D eigenvalue weighted by atomic mass is 10.3. The van der Waals surface area contributed by atoms with E-state index in [2.05, 4.69) is 5.32 Å². The van der Waals surface area contributed by atoms with Crippen LogP contribution in [0.25, 0.3) is 0 Å². The molecule has 0 aromatic heterocycles. The fourth-order valence-electron chi connectivity index (χ4n) is 0.264. The molecular formula is C5H11N3. The van der Waals surface area contributed by atoms with Crippen LogP contribution in [0.2, 0.25) is 0 Å². The molecule has 4 N–H and O–H groups in total. The Morgan fingerprint density at radius 3 is 2.38 bits per heavy atom. The molecule has 0 aliphatic rings. The van der Waals surface area contributed by atoms with Gasteiger partial charge in [-0.1, -0.05) is 0 Å². The van der Waals surface area contributed by atoms with E-state index >= 15 is 0 Å². The maximum absolute atomic E-state index is 6.97. The van der Waals surface area contributed by atoms with E-state index in [1.807, 2.05) is 0 Å². The van der Waals surface area contributed by atoms with Crippen molar-refractivity contribution < 1.29 is 0 Å². The van der Waals surface area contributed by atoms with Crippen molar-refractivity contribution in [3.8, 4) is 0 Å². The summed E-state index contributed by atoms with van der Waals surface area (Å²) in [6.07, 6.45) is 1.59. The average Bonchev–Trinajstić information content (AvgIpc) is 1.67. The number of hydrogen-bond donors (Lipinski definition) is 3. The van der Waals surface area contributed by atoms with Crippen molar-refractivity contribution in [2.24, 2.45) is 5.73 Å². The molecule has 0 unspecified atom stereocenters. The quantitative estimate of drug-likeness (QED) is 0.443. The van der Waals surface area contributed by atoms with Crippen molar-refractivity contribution in [1.29, 1.82) is 5.41 Å². The lowest BCUT2D eigenvalue weighted by molar-refractivity contribution is 1.08. The molecular weight excluding hydrogens is 102 g/mol. The molecule has 3 nitrogen and oxygen atoms in total. The predicted octanol–water partition coefficient (Wildman–Crippen LogP) is 0.0456. The highest BCUT2D eigenvalue weighted by Gasteiger charge is 1.87. The van der Waals surface area contributed by atoms with E-state index in [4.69, 9.17) is 11.1 Å². The molecule has 0 saturated heterocycles. The van der Waals surface area contributed by atoms with Gasteiger partial charge in [-0.05, 0) is 6.92 Å². The van der Waals surface area contributed by atoms with Gasteiger partial charge in [0, 0.05) is 13.2 Å². The highest BCUT2D eigenvalue weighted by Crippen LogP contribution is 1.80. The first-order valence-corrected chi connectivity index (χ1v) is 2.37. The summed E-state index contributed by atoms with van der Waals surface area (Å²) in [5.74, 6) is 0. The molecule has 0 aromatic carbocycles. The molecule has 0 aliphatic carbocycles. The maximum atomic E-state index is 6.97. The predicted molar refractivity (Wildman–Crippen MR) is 34.7 cm³/mol. The van der Waals surface area contributed by atoms with Gasteiger partial charge in [-0.2, -0.15) is 0 Å². The van der Waals surface area contributed by atoms with Gasteiger partial charge in [-0.15, -0.1) is 0 Å². The Balaban J connectivity index is 3.80. The van der Waals surface area contributed by atoms with Gasteiger partial charge in [-0.25, -0.2) is 0 Å². The van der Waals surface area contributed by atoms with E-state index in [1.165, 1.54) is 0 Å². The summed E-state index contributed by atoms with van der Waals surface area (Å²) >= 11 is 0. The summed E-state index contributed by atoms with van der Waals surface area (Å²) in [7, 11) is 1.75. The summed E-state index contributed by atoms with van der Waals surface area (Å²) in [5.41, 5.74) is 6.17. The molecule has 0 radical (unpaired) electrons. The Kier molecular flexibility index (Phi) is 2.69. The van der Waals surface area contributed by atoms with Gasteiger partial charge in [-0.3, -0.25) is 0 Å². The largest absolute Gasteiger partial charge is 0.396 e. The van der Waals surface area contributed by atoms with Crippen LogP contribution < -0.4 is 11.1 Å². The number of hydrogen-bond acceptors (Lipinski definition) is 3. The first-order valence-electron chi connectivity index (χ1n) is 2.37. The van der Waals surface area contributed by atoms with E-state index in [0.29, 0.717) is 11.4 Å². The van der Waals surface area contributed by atoms with Crippen LogP contribution in [-0.4, -0.2) is 12.8 Å². The Bertz CT molecular complexity index is 115. The van der Waals surface area contributed by atoms with Crippen LogP contribution in [0.15, 0.2) is 11.9 Å². The zero-order valence-electron chi connectivity index (χ0n) is 5.15. The van der Waals surface area contributed by atoms with Crippen LogP contribution in [-0.2, 0) is 0 Å². The van der Waals surface area contributed by atoms with Gasteiger partial charge < -0.3 is 16.5 Å². The minimum absolute atomic E-state index is 0.388. The average molecular weight is 113 g/mol. The Labute approximate surface area is 49.1 Å². The third-order valence-electron chi connectivity index (χ3n) is 0.733. The summed E-state index contributed by atoms with van der Waals surface area (Å²) in [6.45, 7) is 1.64. The molecule has 46 valence electrons. The van der Waals surface area contributed by atoms with Crippen molar-refractivity contribution in [2.45, 2.75) is 6.92 Å². The highest BCUT2D eigenvalue weighted by molar-refractivity contribution is 5.94. The van der Waals surface area contributed by atoms with Crippen molar-refractivity contribution >= 4 is 5.71 Å². The molecule has 0 saturated carbocycles. The van der Waals surface area contributed by atoms with Crippen LogP contribution in [0.4, 0.5) is 0 Å².